The zero-order valence-corrected chi connectivity index (χ0v) is 18.7. The van der Waals surface area contributed by atoms with Crippen molar-refractivity contribution >= 4 is 6.29 Å². The molecular formula is C23H40ClNO2. The Morgan fingerprint density at radius 3 is 2.00 bits per heavy atom. The van der Waals surface area contributed by atoms with Crippen molar-refractivity contribution in [2.45, 2.75) is 77.7 Å². The van der Waals surface area contributed by atoms with Crippen LogP contribution in [0.25, 0.3) is 0 Å². The van der Waals surface area contributed by atoms with E-state index in [1.165, 1.54) is 64.2 Å². The van der Waals surface area contributed by atoms with Gasteiger partial charge in [-0.1, -0.05) is 58.3 Å². The molecule has 0 aromatic heterocycles. The molecule has 0 aliphatic carbocycles. The average Bonchev–Trinajstić information content (AvgIpc) is 2.62. The van der Waals surface area contributed by atoms with Crippen LogP contribution in [0.2, 0.25) is 0 Å². The lowest BCUT2D eigenvalue weighted by Gasteiger charge is -2.30. The van der Waals surface area contributed by atoms with E-state index in [0.717, 1.165) is 40.7 Å². The van der Waals surface area contributed by atoms with Crippen LogP contribution in [-0.4, -0.2) is 38.5 Å². The Labute approximate surface area is 173 Å². The number of carbonyl (C=O) groups is 1. The minimum Gasteiger partial charge on any atom is -1.00 e. The van der Waals surface area contributed by atoms with Gasteiger partial charge in [0.15, 0.2) is 0 Å². The van der Waals surface area contributed by atoms with Crippen molar-refractivity contribution < 1.29 is 26.4 Å². The monoisotopic (exact) mass is 397 g/mol. The molecule has 0 heterocycles. The van der Waals surface area contributed by atoms with E-state index < -0.39 is 0 Å². The molecule has 3 nitrogen and oxygen atoms in total. The van der Waals surface area contributed by atoms with Gasteiger partial charge in [-0.05, 0) is 31.0 Å². The maximum Gasteiger partial charge on any atom is 0.150 e. The molecule has 0 fully saturated rings. The highest BCUT2D eigenvalue weighted by Gasteiger charge is 2.18. The van der Waals surface area contributed by atoms with Crippen LogP contribution >= 0.6 is 0 Å². The molecule has 0 saturated heterocycles. The predicted octanol–water partition coefficient (Wildman–Crippen LogP) is 3.01. The van der Waals surface area contributed by atoms with Crippen molar-refractivity contribution in [3.05, 3.63) is 29.3 Å². The summed E-state index contributed by atoms with van der Waals surface area (Å²) in [5.74, 6) is 0.880. The van der Waals surface area contributed by atoms with Crippen molar-refractivity contribution in [2.75, 3.05) is 27.7 Å². The molecule has 0 unspecified atom stereocenters. The van der Waals surface area contributed by atoms with Gasteiger partial charge in [0.25, 0.3) is 0 Å². The van der Waals surface area contributed by atoms with Gasteiger partial charge in [0.1, 0.15) is 18.6 Å². The number of ether oxygens (including phenoxy) is 1. The van der Waals surface area contributed by atoms with Gasteiger partial charge >= 0.3 is 0 Å². The number of rotatable bonds is 15. The third-order valence-corrected chi connectivity index (χ3v) is 5.16. The molecule has 0 radical (unpaired) electrons. The maximum absolute atomic E-state index is 11.0. The molecule has 0 atom stereocenters. The minimum absolute atomic E-state index is 0. The van der Waals surface area contributed by atoms with E-state index in [0.29, 0.717) is 0 Å². The quantitative estimate of drug-likeness (QED) is 0.258. The first-order valence-corrected chi connectivity index (χ1v) is 10.5. The van der Waals surface area contributed by atoms with Crippen LogP contribution in [-0.2, 0) is 6.54 Å². The first kappa shape index (κ1) is 25.9. The smallest absolute Gasteiger partial charge is 0.150 e. The number of quaternary nitrogens is 1. The topological polar surface area (TPSA) is 26.3 Å². The molecule has 4 heteroatoms. The summed E-state index contributed by atoms with van der Waals surface area (Å²) in [7, 11) is 6.23. The number of methoxy groups -OCH3 is 1. The van der Waals surface area contributed by atoms with E-state index >= 15 is 0 Å². The van der Waals surface area contributed by atoms with Crippen LogP contribution in [0.4, 0.5) is 0 Å². The molecule has 1 aromatic rings. The Kier molecular flexibility index (Phi) is 14.3. The minimum atomic E-state index is 0. The number of halogens is 1. The number of benzene rings is 1. The second-order valence-corrected chi connectivity index (χ2v) is 8.19. The largest absolute Gasteiger partial charge is 1.00 e. The second-order valence-electron chi connectivity index (χ2n) is 8.19. The molecule has 27 heavy (non-hydrogen) atoms. The van der Waals surface area contributed by atoms with Crippen LogP contribution in [0, 0.1) is 0 Å². The fourth-order valence-corrected chi connectivity index (χ4v) is 3.56. The highest BCUT2D eigenvalue weighted by molar-refractivity contribution is 5.75. The van der Waals surface area contributed by atoms with Crippen LogP contribution < -0.4 is 17.1 Å². The summed E-state index contributed by atoms with van der Waals surface area (Å²) >= 11 is 0. The van der Waals surface area contributed by atoms with Crippen LogP contribution in [0.5, 0.6) is 5.75 Å². The lowest BCUT2D eigenvalue weighted by Crippen LogP contribution is -3.00. The van der Waals surface area contributed by atoms with Gasteiger partial charge in [-0.25, -0.2) is 0 Å². The summed E-state index contributed by atoms with van der Waals surface area (Å²) in [6.07, 6.45) is 14.6. The molecule has 156 valence electrons. The van der Waals surface area contributed by atoms with E-state index in [4.69, 9.17) is 4.74 Å². The van der Waals surface area contributed by atoms with Gasteiger partial charge in [0.05, 0.1) is 27.7 Å². The number of carbonyl (C=O) groups excluding carboxylic acids is 1. The van der Waals surface area contributed by atoms with Gasteiger partial charge in [-0.3, -0.25) is 4.79 Å². The summed E-state index contributed by atoms with van der Waals surface area (Å²) < 4.78 is 6.40. The van der Waals surface area contributed by atoms with Crippen molar-refractivity contribution in [2.24, 2.45) is 0 Å². The predicted molar refractivity (Wildman–Crippen MR) is 111 cm³/mol. The Balaban J connectivity index is 0.00000676. The van der Waals surface area contributed by atoms with Crippen molar-refractivity contribution in [1.29, 1.82) is 0 Å². The molecule has 1 aromatic carbocycles. The van der Waals surface area contributed by atoms with Gasteiger partial charge in [-0.15, -0.1) is 0 Å². The van der Waals surface area contributed by atoms with Gasteiger partial charge in [-0.2, -0.15) is 0 Å². The number of aldehydes is 1. The third kappa shape index (κ3) is 11.4. The summed E-state index contributed by atoms with van der Waals surface area (Å²) in [5.41, 5.74) is 1.84. The van der Waals surface area contributed by atoms with E-state index in [1.807, 2.05) is 18.2 Å². The van der Waals surface area contributed by atoms with E-state index in [-0.39, 0.29) is 12.4 Å². The Bertz CT molecular complexity index is 517. The molecule has 0 bridgehead atoms. The molecule has 0 saturated carbocycles. The number of nitrogens with zero attached hydrogens (tertiary/aromatic N) is 1. The lowest BCUT2D eigenvalue weighted by molar-refractivity contribution is -0.903. The molecule has 0 amide bonds. The summed E-state index contributed by atoms with van der Waals surface area (Å²) in [5, 5.41) is 0. The van der Waals surface area contributed by atoms with Crippen LogP contribution in [0.3, 0.4) is 0 Å². The highest BCUT2D eigenvalue weighted by atomic mass is 35.5. The Morgan fingerprint density at radius 1 is 0.926 bits per heavy atom. The fraction of sp³-hybridized carbons (Fsp3) is 0.696. The SMILES string of the molecule is CCCCCCCCCCCC[N+](C)(C)Cc1cc(C=O)ccc1OC.[Cl-]. The summed E-state index contributed by atoms with van der Waals surface area (Å²) in [4.78, 5) is 11.0. The zero-order valence-electron chi connectivity index (χ0n) is 17.9. The van der Waals surface area contributed by atoms with Crippen LogP contribution in [0.1, 0.15) is 87.1 Å². The van der Waals surface area contributed by atoms with Crippen molar-refractivity contribution in [3.8, 4) is 5.75 Å². The summed E-state index contributed by atoms with van der Waals surface area (Å²) in [6.45, 7) is 4.32. The first-order valence-electron chi connectivity index (χ1n) is 10.5. The highest BCUT2D eigenvalue weighted by Crippen LogP contribution is 2.23. The normalized spacial score (nSPS) is 11.1. The standard InChI is InChI=1S/C23H40NO2.ClH/c1-5-6-7-8-9-10-11-12-13-14-17-24(2,3)19-22-18-21(20-25)15-16-23(22)26-4;/h15-16,18,20H,5-14,17,19H2,1-4H3;1H/q+1;/p-1. The van der Waals surface area contributed by atoms with Gasteiger partial charge in [0, 0.05) is 11.1 Å². The molecular weight excluding hydrogens is 358 g/mol. The van der Waals surface area contributed by atoms with Crippen molar-refractivity contribution in [1.82, 2.24) is 0 Å². The van der Waals surface area contributed by atoms with Gasteiger partial charge in [0.2, 0.25) is 0 Å². The molecule has 0 aliphatic heterocycles. The van der Waals surface area contributed by atoms with Crippen LogP contribution in [0.15, 0.2) is 18.2 Å². The average molecular weight is 398 g/mol. The maximum atomic E-state index is 11.0. The molecule has 0 spiro atoms. The van der Waals surface area contributed by atoms with E-state index in [9.17, 15) is 4.79 Å². The second kappa shape index (κ2) is 14.9. The van der Waals surface area contributed by atoms with Crippen molar-refractivity contribution in [3.63, 3.8) is 0 Å². The first-order chi connectivity index (χ1) is 12.5. The lowest BCUT2D eigenvalue weighted by atomic mass is 10.1. The number of hydrogen-bond acceptors (Lipinski definition) is 2. The molecule has 1 rings (SSSR count). The zero-order chi connectivity index (χ0) is 19.3. The fourth-order valence-electron chi connectivity index (χ4n) is 3.56. The Hall–Kier alpha value is -1.06. The van der Waals surface area contributed by atoms with E-state index in [1.54, 1.807) is 7.11 Å². The molecule has 0 N–H and O–H groups in total. The Morgan fingerprint density at radius 2 is 1.48 bits per heavy atom. The number of hydrogen-bond donors (Lipinski definition) is 0. The van der Waals surface area contributed by atoms with Gasteiger partial charge < -0.3 is 21.6 Å². The van der Waals surface area contributed by atoms with E-state index in [2.05, 4.69) is 21.0 Å². The third-order valence-electron chi connectivity index (χ3n) is 5.16. The summed E-state index contributed by atoms with van der Waals surface area (Å²) in [6, 6.07) is 5.68. The number of unbranched alkanes of at least 4 members (excludes halogenated alkanes) is 9. The molecule has 0 aliphatic rings.